The molecule has 0 spiro atoms. The zero-order valence-electron chi connectivity index (χ0n) is 25.2. The third kappa shape index (κ3) is 19.1. The Bertz CT molecular complexity index is 787. The van der Waals surface area contributed by atoms with Crippen LogP contribution in [0, 0.1) is 0 Å². The summed E-state index contributed by atoms with van der Waals surface area (Å²) in [6.45, 7) is 17.0. The number of carbonyl (C=O) groups excluding carboxylic acids is 3. The highest BCUT2D eigenvalue weighted by atomic mass is 16.6. The molecular formula is C26H50N4O9. The molecule has 2 amide bonds. The lowest BCUT2D eigenvalue weighted by molar-refractivity contribution is -0.150. The number of aliphatic hydroxyl groups is 1. The van der Waals surface area contributed by atoms with E-state index < -0.39 is 47.4 Å². The van der Waals surface area contributed by atoms with Crippen LogP contribution in [0.25, 0.3) is 0 Å². The van der Waals surface area contributed by atoms with Crippen molar-refractivity contribution in [2.24, 2.45) is 0 Å². The van der Waals surface area contributed by atoms with Gasteiger partial charge in [0.1, 0.15) is 29.4 Å². The third-order valence-corrected chi connectivity index (χ3v) is 5.19. The van der Waals surface area contributed by atoms with Crippen molar-refractivity contribution in [3.05, 3.63) is 0 Å². The van der Waals surface area contributed by atoms with E-state index in [4.69, 9.17) is 24.4 Å². The number of likely N-dealkylation sites (N-methyl/N-ethyl adjacent to an activating group) is 2. The molecule has 0 bridgehead atoms. The number of likely N-dealkylation sites (tertiary alicyclic amines) is 2. The van der Waals surface area contributed by atoms with Gasteiger partial charge in [0.2, 0.25) is 0 Å². The van der Waals surface area contributed by atoms with Gasteiger partial charge in [-0.2, -0.15) is 0 Å². The van der Waals surface area contributed by atoms with E-state index in [0.717, 1.165) is 39.0 Å². The van der Waals surface area contributed by atoms with Gasteiger partial charge in [-0.25, -0.2) is 14.4 Å². The molecule has 4 atom stereocenters. The standard InChI is InChI=1S/C13H24N2O4.C8H15NO4.C5H11NO/c1-9(14-12(17)19-13(2,3)4)11(16)18-10-6-7-15(5)8-10;1-5(6(10)11)9-7(12)13-8(2,3)4;1-6-3-2-5(7)4-6/h9-10H,6-8H2,1-5H3,(H,14,17);5H,1-4H3,(H,9,12)(H,10,11);5,7H,2-4H2,1H3/t9-,10-;2*5-/m000/s1. The smallest absolute Gasteiger partial charge is 0.408 e. The van der Waals surface area contributed by atoms with Crippen molar-refractivity contribution in [2.75, 3.05) is 40.3 Å². The number of esters is 1. The van der Waals surface area contributed by atoms with Crippen LogP contribution in [0.15, 0.2) is 0 Å². The molecule has 13 nitrogen and oxygen atoms in total. The molecule has 2 saturated heterocycles. The van der Waals surface area contributed by atoms with Crippen LogP contribution in [0.5, 0.6) is 0 Å². The fourth-order valence-corrected chi connectivity index (χ4v) is 3.26. The van der Waals surface area contributed by atoms with E-state index in [1.807, 2.05) is 14.1 Å². The quantitative estimate of drug-likeness (QED) is 0.285. The van der Waals surface area contributed by atoms with Crippen LogP contribution in [0.3, 0.4) is 0 Å². The van der Waals surface area contributed by atoms with Gasteiger partial charge in [-0.3, -0.25) is 4.79 Å². The number of aliphatic hydroxyl groups excluding tert-OH is 1. The molecule has 39 heavy (non-hydrogen) atoms. The predicted octanol–water partition coefficient (Wildman–Crippen LogP) is 1.81. The van der Waals surface area contributed by atoms with E-state index in [0.29, 0.717) is 0 Å². The summed E-state index contributed by atoms with van der Waals surface area (Å²) in [7, 11) is 4.01. The molecule has 13 heteroatoms. The Morgan fingerprint density at radius 2 is 1.23 bits per heavy atom. The zero-order valence-corrected chi connectivity index (χ0v) is 25.2. The Labute approximate surface area is 232 Å². The minimum atomic E-state index is -1.09. The van der Waals surface area contributed by atoms with Crippen molar-refractivity contribution in [3.8, 4) is 0 Å². The average molecular weight is 563 g/mol. The summed E-state index contributed by atoms with van der Waals surface area (Å²) in [5.41, 5.74) is -1.19. The number of aliphatic carboxylic acids is 1. The van der Waals surface area contributed by atoms with Crippen LogP contribution < -0.4 is 10.6 Å². The molecule has 0 radical (unpaired) electrons. The first kappa shape index (κ1) is 36.4. The molecule has 0 aromatic rings. The summed E-state index contributed by atoms with van der Waals surface area (Å²) in [6, 6.07) is -1.64. The minimum absolute atomic E-state index is 0.0509. The molecule has 2 aliphatic rings. The van der Waals surface area contributed by atoms with Crippen molar-refractivity contribution >= 4 is 24.1 Å². The first-order valence-electron chi connectivity index (χ1n) is 13.2. The SMILES string of the molecule is CN1CC[C@H](O)C1.C[C@H](NC(=O)OC(C)(C)C)C(=O)O.C[C@H](NC(=O)OC(C)(C)C)C(=O)O[C@H]1CCN(C)C1. The number of alkyl carbamates (subject to hydrolysis) is 2. The first-order valence-corrected chi connectivity index (χ1v) is 13.2. The van der Waals surface area contributed by atoms with E-state index in [-0.39, 0.29) is 12.2 Å². The maximum absolute atomic E-state index is 11.8. The van der Waals surface area contributed by atoms with Gasteiger partial charge in [0.05, 0.1) is 6.10 Å². The van der Waals surface area contributed by atoms with Crippen LogP contribution in [0.2, 0.25) is 0 Å². The first-order chi connectivity index (χ1) is 17.7. The lowest BCUT2D eigenvalue weighted by atomic mass is 10.2. The van der Waals surface area contributed by atoms with Crippen molar-refractivity contribution in [1.82, 2.24) is 20.4 Å². The number of nitrogens with one attached hydrogen (secondary N) is 2. The summed E-state index contributed by atoms with van der Waals surface area (Å²) < 4.78 is 15.2. The van der Waals surface area contributed by atoms with Crippen LogP contribution in [-0.2, 0) is 23.8 Å². The lowest BCUT2D eigenvalue weighted by Crippen LogP contribution is -2.43. The Kier molecular flexibility index (Phi) is 15.3. The van der Waals surface area contributed by atoms with E-state index >= 15 is 0 Å². The highest BCUT2D eigenvalue weighted by Crippen LogP contribution is 2.12. The Morgan fingerprint density at radius 1 is 0.795 bits per heavy atom. The van der Waals surface area contributed by atoms with Gasteiger partial charge in [-0.05, 0) is 82.3 Å². The summed E-state index contributed by atoms with van der Waals surface area (Å²) in [5.74, 6) is -1.52. The fourth-order valence-electron chi connectivity index (χ4n) is 3.26. The number of carboxylic acids is 1. The number of amides is 2. The van der Waals surface area contributed by atoms with Gasteiger partial charge in [0.25, 0.3) is 0 Å². The second-order valence-corrected chi connectivity index (χ2v) is 11.9. The zero-order chi connectivity index (χ0) is 30.6. The summed E-state index contributed by atoms with van der Waals surface area (Å²) in [5, 5.41) is 22.0. The normalized spacial score (nSPS) is 21.2. The lowest BCUT2D eigenvalue weighted by Gasteiger charge is -2.22. The molecule has 0 saturated carbocycles. The minimum Gasteiger partial charge on any atom is -0.480 e. The van der Waals surface area contributed by atoms with Gasteiger partial charge in [-0.1, -0.05) is 0 Å². The highest BCUT2D eigenvalue weighted by Gasteiger charge is 2.27. The van der Waals surface area contributed by atoms with Crippen LogP contribution in [0.1, 0.15) is 68.2 Å². The molecule has 4 N–H and O–H groups in total. The number of carbonyl (C=O) groups is 4. The molecule has 2 fully saturated rings. The maximum atomic E-state index is 11.8. The van der Waals surface area contributed by atoms with Crippen molar-refractivity contribution in [3.63, 3.8) is 0 Å². The second kappa shape index (κ2) is 16.5. The molecule has 2 heterocycles. The molecular weight excluding hydrogens is 512 g/mol. The summed E-state index contributed by atoms with van der Waals surface area (Å²) >= 11 is 0. The number of nitrogens with zero attached hydrogens (tertiary/aromatic N) is 2. The maximum Gasteiger partial charge on any atom is 0.408 e. The topological polar surface area (TPSA) is 167 Å². The largest absolute Gasteiger partial charge is 0.480 e. The van der Waals surface area contributed by atoms with E-state index in [1.54, 1.807) is 48.5 Å². The van der Waals surface area contributed by atoms with E-state index in [2.05, 4.69) is 20.4 Å². The van der Waals surface area contributed by atoms with Crippen LogP contribution >= 0.6 is 0 Å². The molecule has 0 unspecified atom stereocenters. The van der Waals surface area contributed by atoms with Gasteiger partial charge in [0, 0.05) is 26.2 Å². The number of hydrogen-bond donors (Lipinski definition) is 4. The van der Waals surface area contributed by atoms with E-state index in [9.17, 15) is 19.2 Å². The van der Waals surface area contributed by atoms with Gasteiger partial charge in [0.15, 0.2) is 0 Å². The fraction of sp³-hybridized carbons (Fsp3) is 0.846. The molecule has 0 aliphatic carbocycles. The number of hydrogen-bond acceptors (Lipinski definition) is 10. The average Bonchev–Trinajstić information content (AvgIpc) is 3.32. The highest BCUT2D eigenvalue weighted by molar-refractivity contribution is 5.81. The molecule has 0 aromatic heterocycles. The molecule has 2 rings (SSSR count). The van der Waals surface area contributed by atoms with Gasteiger partial charge >= 0.3 is 24.1 Å². The van der Waals surface area contributed by atoms with Gasteiger partial charge in [-0.15, -0.1) is 0 Å². The van der Waals surface area contributed by atoms with Crippen LogP contribution in [-0.4, -0.2) is 120 Å². The van der Waals surface area contributed by atoms with E-state index in [1.165, 1.54) is 6.92 Å². The summed E-state index contributed by atoms with van der Waals surface area (Å²) in [4.78, 5) is 48.8. The third-order valence-electron chi connectivity index (χ3n) is 5.19. The Hall–Kier alpha value is -2.64. The Balaban J connectivity index is 0.000000620. The number of β-amino-alcohol motifs (C(OH)–C–C–N with tert-alkyl or cyclic N) is 1. The Morgan fingerprint density at radius 3 is 1.54 bits per heavy atom. The van der Waals surface area contributed by atoms with Crippen molar-refractivity contribution < 1.29 is 43.6 Å². The molecule has 0 aromatic carbocycles. The number of carboxylic acid groups (broad SMARTS) is 1. The number of ether oxygens (including phenoxy) is 3. The molecule has 228 valence electrons. The van der Waals surface area contributed by atoms with Crippen molar-refractivity contribution in [2.45, 2.75) is 104 Å². The predicted molar refractivity (Wildman–Crippen MR) is 145 cm³/mol. The van der Waals surface area contributed by atoms with Crippen LogP contribution in [0.4, 0.5) is 9.59 Å². The van der Waals surface area contributed by atoms with Crippen molar-refractivity contribution in [1.29, 1.82) is 0 Å². The summed E-state index contributed by atoms with van der Waals surface area (Å²) in [6.07, 6.45) is 0.325. The second-order valence-electron chi connectivity index (χ2n) is 11.9. The van der Waals surface area contributed by atoms with Gasteiger partial charge < -0.3 is 44.9 Å². The molecule has 2 aliphatic heterocycles. The number of rotatable bonds is 5. The monoisotopic (exact) mass is 562 g/mol.